The molecule has 0 bridgehead atoms. The van der Waals surface area contributed by atoms with Gasteiger partial charge in [-0.3, -0.25) is 4.98 Å². The number of rotatable bonds is 4. The van der Waals surface area contributed by atoms with Gasteiger partial charge in [0.1, 0.15) is 18.2 Å². The van der Waals surface area contributed by atoms with E-state index in [1.165, 1.54) is 18.2 Å². The minimum Gasteiger partial charge on any atom is -0.487 e. The predicted molar refractivity (Wildman–Crippen MR) is 66.7 cm³/mol. The van der Waals surface area contributed by atoms with Crippen LogP contribution in [0.25, 0.3) is 0 Å². The quantitative estimate of drug-likeness (QED) is 0.919. The zero-order chi connectivity index (χ0) is 13.8. The van der Waals surface area contributed by atoms with Crippen molar-refractivity contribution in [3.63, 3.8) is 0 Å². The first kappa shape index (κ1) is 13.0. The van der Waals surface area contributed by atoms with Gasteiger partial charge in [0, 0.05) is 11.8 Å². The fraction of sp³-hybridized carbons (Fsp3) is 0.143. The van der Waals surface area contributed by atoms with Crippen LogP contribution in [0.1, 0.15) is 21.6 Å². The highest BCUT2D eigenvalue weighted by Crippen LogP contribution is 2.18. The number of carboxylic acids is 1. The topological polar surface area (TPSA) is 59.4 Å². The third-order valence-corrected chi connectivity index (χ3v) is 2.65. The number of carboxylic acid groups (broad SMARTS) is 1. The monoisotopic (exact) mass is 261 g/mol. The maximum absolute atomic E-state index is 13.9. The maximum atomic E-state index is 13.9. The molecule has 0 saturated heterocycles. The summed E-state index contributed by atoms with van der Waals surface area (Å²) in [5.74, 6) is -1.52. The first-order valence-corrected chi connectivity index (χ1v) is 5.64. The lowest BCUT2D eigenvalue weighted by Crippen LogP contribution is -2.06. The molecule has 2 rings (SSSR count). The number of halogens is 1. The molecule has 0 aliphatic carbocycles. The number of aromatic carboxylic acids is 1. The van der Waals surface area contributed by atoms with E-state index in [1.54, 1.807) is 25.3 Å². The van der Waals surface area contributed by atoms with E-state index in [1.807, 2.05) is 0 Å². The Balaban J connectivity index is 2.19. The van der Waals surface area contributed by atoms with Gasteiger partial charge in [0.25, 0.3) is 0 Å². The molecule has 0 saturated carbocycles. The van der Waals surface area contributed by atoms with Gasteiger partial charge in [-0.1, -0.05) is 12.1 Å². The van der Waals surface area contributed by atoms with E-state index < -0.39 is 11.8 Å². The van der Waals surface area contributed by atoms with Crippen LogP contribution in [0.2, 0.25) is 0 Å². The van der Waals surface area contributed by atoms with Gasteiger partial charge in [-0.15, -0.1) is 0 Å². The number of hydrogen-bond donors (Lipinski definition) is 1. The maximum Gasteiger partial charge on any atom is 0.338 e. The molecule has 1 aromatic heterocycles. The summed E-state index contributed by atoms with van der Waals surface area (Å²) in [6.07, 6.45) is 1.63. The zero-order valence-corrected chi connectivity index (χ0v) is 10.3. The number of aryl methyl sites for hydroxylation is 1. The van der Waals surface area contributed by atoms with E-state index in [0.29, 0.717) is 11.4 Å². The first-order valence-electron chi connectivity index (χ1n) is 5.64. The Morgan fingerprint density at radius 1 is 1.37 bits per heavy atom. The average molecular weight is 261 g/mol. The van der Waals surface area contributed by atoms with Crippen molar-refractivity contribution in [2.75, 3.05) is 0 Å². The molecule has 1 N–H and O–H groups in total. The van der Waals surface area contributed by atoms with Crippen LogP contribution in [-0.2, 0) is 6.61 Å². The van der Waals surface area contributed by atoms with Crippen molar-refractivity contribution in [2.24, 2.45) is 0 Å². The standard InChI is InChI=1S/C14H12FNO3/c1-9-12(6-3-7-16-9)19-8-10-4-2-5-11(13(10)15)14(17)18/h2-7H,8H2,1H3,(H,17,18). The Bertz CT molecular complexity index is 613. The summed E-state index contributed by atoms with van der Waals surface area (Å²) in [5, 5.41) is 8.83. The second kappa shape index (κ2) is 5.48. The van der Waals surface area contributed by atoms with Crippen molar-refractivity contribution < 1.29 is 19.0 Å². The Labute approximate surface area is 109 Å². The summed E-state index contributed by atoms with van der Waals surface area (Å²) in [7, 11) is 0. The van der Waals surface area contributed by atoms with Gasteiger partial charge < -0.3 is 9.84 Å². The third kappa shape index (κ3) is 2.88. The Hall–Kier alpha value is -2.43. The van der Waals surface area contributed by atoms with Crippen LogP contribution >= 0.6 is 0 Å². The lowest BCUT2D eigenvalue weighted by atomic mass is 10.1. The molecule has 0 atom stereocenters. The summed E-state index contributed by atoms with van der Waals surface area (Å²) >= 11 is 0. The molecule has 19 heavy (non-hydrogen) atoms. The zero-order valence-electron chi connectivity index (χ0n) is 10.3. The third-order valence-electron chi connectivity index (χ3n) is 2.65. The molecule has 0 aliphatic heterocycles. The molecular formula is C14H12FNO3. The van der Waals surface area contributed by atoms with Crippen molar-refractivity contribution in [2.45, 2.75) is 13.5 Å². The van der Waals surface area contributed by atoms with Gasteiger partial charge in [-0.05, 0) is 25.1 Å². The van der Waals surface area contributed by atoms with E-state index >= 15 is 0 Å². The largest absolute Gasteiger partial charge is 0.487 e. The Morgan fingerprint density at radius 2 is 2.16 bits per heavy atom. The number of carbonyl (C=O) groups is 1. The normalized spacial score (nSPS) is 10.2. The molecule has 0 aliphatic rings. The van der Waals surface area contributed by atoms with Crippen molar-refractivity contribution in [3.8, 4) is 5.75 Å². The van der Waals surface area contributed by atoms with Crippen molar-refractivity contribution in [1.82, 2.24) is 4.98 Å². The van der Waals surface area contributed by atoms with Gasteiger partial charge in [0.15, 0.2) is 0 Å². The Kier molecular flexibility index (Phi) is 3.75. The lowest BCUT2D eigenvalue weighted by Gasteiger charge is -2.09. The van der Waals surface area contributed by atoms with Crippen molar-refractivity contribution in [1.29, 1.82) is 0 Å². The van der Waals surface area contributed by atoms with E-state index in [0.717, 1.165) is 0 Å². The van der Waals surface area contributed by atoms with Crippen LogP contribution in [-0.4, -0.2) is 16.1 Å². The lowest BCUT2D eigenvalue weighted by molar-refractivity contribution is 0.0691. The molecule has 98 valence electrons. The van der Waals surface area contributed by atoms with E-state index in [-0.39, 0.29) is 17.7 Å². The number of pyridine rings is 1. The van der Waals surface area contributed by atoms with E-state index in [9.17, 15) is 9.18 Å². The molecular weight excluding hydrogens is 249 g/mol. The fourth-order valence-corrected chi connectivity index (χ4v) is 1.63. The molecule has 0 spiro atoms. The molecule has 0 fully saturated rings. The number of aromatic nitrogens is 1. The van der Waals surface area contributed by atoms with Crippen LogP contribution in [0.4, 0.5) is 4.39 Å². The van der Waals surface area contributed by atoms with E-state index in [2.05, 4.69) is 4.98 Å². The van der Waals surface area contributed by atoms with Gasteiger partial charge in [-0.2, -0.15) is 0 Å². The van der Waals surface area contributed by atoms with Crippen molar-refractivity contribution in [3.05, 3.63) is 59.2 Å². The first-order chi connectivity index (χ1) is 9.09. The van der Waals surface area contributed by atoms with E-state index in [4.69, 9.17) is 9.84 Å². The molecule has 0 amide bonds. The summed E-state index contributed by atoms with van der Waals surface area (Å²) in [6.45, 7) is 1.73. The Morgan fingerprint density at radius 3 is 2.84 bits per heavy atom. The second-order valence-electron chi connectivity index (χ2n) is 3.96. The van der Waals surface area contributed by atoms with Gasteiger partial charge in [0.05, 0.1) is 11.3 Å². The van der Waals surface area contributed by atoms with Crippen LogP contribution in [0.5, 0.6) is 5.75 Å². The number of ether oxygens (including phenoxy) is 1. The van der Waals surface area contributed by atoms with Gasteiger partial charge in [0.2, 0.25) is 0 Å². The highest BCUT2D eigenvalue weighted by atomic mass is 19.1. The molecule has 4 nitrogen and oxygen atoms in total. The highest BCUT2D eigenvalue weighted by Gasteiger charge is 2.14. The fourth-order valence-electron chi connectivity index (χ4n) is 1.63. The molecule has 0 radical (unpaired) electrons. The van der Waals surface area contributed by atoms with Crippen LogP contribution in [0.3, 0.4) is 0 Å². The average Bonchev–Trinajstić information content (AvgIpc) is 2.39. The number of benzene rings is 1. The summed E-state index contributed by atoms with van der Waals surface area (Å²) in [6, 6.07) is 7.64. The highest BCUT2D eigenvalue weighted by molar-refractivity contribution is 5.88. The molecule has 0 unspecified atom stereocenters. The molecule has 2 aromatic rings. The molecule has 1 aromatic carbocycles. The predicted octanol–water partition coefficient (Wildman–Crippen LogP) is 2.81. The second-order valence-corrected chi connectivity index (χ2v) is 3.96. The van der Waals surface area contributed by atoms with Gasteiger partial charge >= 0.3 is 5.97 Å². The minimum atomic E-state index is -1.29. The number of hydrogen-bond acceptors (Lipinski definition) is 3. The SMILES string of the molecule is Cc1ncccc1OCc1cccc(C(=O)O)c1F. The molecule has 5 heteroatoms. The summed E-state index contributed by atoms with van der Waals surface area (Å²) < 4.78 is 19.3. The van der Waals surface area contributed by atoms with Crippen LogP contribution < -0.4 is 4.74 Å². The van der Waals surface area contributed by atoms with Crippen molar-refractivity contribution >= 4 is 5.97 Å². The minimum absolute atomic E-state index is 0.0422. The number of nitrogens with zero attached hydrogens (tertiary/aromatic N) is 1. The summed E-state index contributed by atoms with van der Waals surface area (Å²) in [5.41, 5.74) is 0.532. The smallest absolute Gasteiger partial charge is 0.338 e. The van der Waals surface area contributed by atoms with Crippen LogP contribution in [0.15, 0.2) is 36.5 Å². The summed E-state index contributed by atoms with van der Waals surface area (Å²) in [4.78, 5) is 14.9. The van der Waals surface area contributed by atoms with Gasteiger partial charge in [-0.25, -0.2) is 9.18 Å². The van der Waals surface area contributed by atoms with Crippen LogP contribution in [0, 0.1) is 12.7 Å². The molecule has 1 heterocycles.